The lowest BCUT2D eigenvalue weighted by molar-refractivity contribution is 0.102. The van der Waals surface area contributed by atoms with E-state index in [2.05, 4.69) is 20.9 Å². The molecular formula is C30H32FN5O2. The first kappa shape index (κ1) is 25.5. The van der Waals surface area contributed by atoms with Gasteiger partial charge in [-0.25, -0.2) is 9.18 Å². The Kier molecular flexibility index (Phi) is 7.70. The van der Waals surface area contributed by atoms with E-state index in [-0.39, 0.29) is 24.3 Å². The van der Waals surface area contributed by atoms with Gasteiger partial charge in [0.25, 0.3) is 5.91 Å². The number of amides is 3. The fraction of sp³-hybridized carbons (Fsp3) is 0.267. The van der Waals surface area contributed by atoms with Crippen LogP contribution in [0.5, 0.6) is 0 Å². The molecule has 7 nitrogen and oxygen atoms in total. The predicted molar refractivity (Wildman–Crippen MR) is 149 cm³/mol. The molecule has 0 atom stereocenters. The lowest BCUT2D eigenvalue weighted by Gasteiger charge is -2.14. The summed E-state index contributed by atoms with van der Waals surface area (Å²) in [6, 6.07) is 19.1. The molecular weight excluding hydrogens is 481 g/mol. The number of benzene rings is 3. The summed E-state index contributed by atoms with van der Waals surface area (Å²) in [5.74, 6) is -0.499. The van der Waals surface area contributed by atoms with E-state index in [1.807, 2.05) is 60.2 Å². The number of halogens is 1. The van der Waals surface area contributed by atoms with Crippen LogP contribution < -0.4 is 16.0 Å². The van der Waals surface area contributed by atoms with Crippen LogP contribution in [0, 0.1) is 5.82 Å². The zero-order valence-corrected chi connectivity index (χ0v) is 21.5. The normalized spacial score (nSPS) is 13.5. The zero-order chi connectivity index (χ0) is 26.5. The summed E-state index contributed by atoms with van der Waals surface area (Å²) in [7, 11) is 0. The molecule has 196 valence electrons. The number of hydrogen-bond acceptors (Lipinski definition) is 3. The van der Waals surface area contributed by atoms with Crippen molar-refractivity contribution in [1.29, 1.82) is 0 Å². The van der Waals surface area contributed by atoms with Crippen LogP contribution in [0.15, 0.2) is 72.9 Å². The van der Waals surface area contributed by atoms with Crippen molar-refractivity contribution in [1.82, 2.24) is 14.8 Å². The van der Waals surface area contributed by atoms with Gasteiger partial charge in [-0.05, 0) is 86.4 Å². The van der Waals surface area contributed by atoms with E-state index in [0.717, 1.165) is 42.6 Å². The topological polar surface area (TPSA) is 78.4 Å². The van der Waals surface area contributed by atoms with E-state index < -0.39 is 0 Å². The van der Waals surface area contributed by atoms with Gasteiger partial charge in [-0.3, -0.25) is 9.69 Å². The number of aryl methyl sites for hydroxylation is 1. The Hall–Kier alpha value is -4.17. The highest BCUT2D eigenvalue weighted by Crippen LogP contribution is 2.29. The Labute approximate surface area is 221 Å². The van der Waals surface area contributed by atoms with E-state index in [1.54, 1.807) is 12.1 Å². The standard InChI is InChI=1S/C30H32FN5O2/c1-2-36-20-27(34-30(38)32-18-21-7-11-24(31)12-8-21)26-17-25(13-14-28(26)36)33-29(37)23-9-5-22(6-10-23)19-35-15-3-4-16-35/h5-14,17,20H,2-4,15-16,18-19H2,1H3,(H,33,37)(H2,32,34,38). The molecule has 38 heavy (non-hydrogen) atoms. The molecule has 3 N–H and O–H groups in total. The molecule has 1 saturated heterocycles. The maximum absolute atomic E-state index is 13.1. The molecule has 0 aliphatic carbocycles. The van der Waals surface area contributed by atoms with E-state index in [1.165, 1.54) is 30.5 Å². The number of carbonyl (C=O) groups is 2. The summed E-state index contributed by atoms with van der Waals surface area (Å²) in [5, 5.41) is 9.51. The fourth-order valence-corrected chi connectivity index (χ4v) is 4.85. The van der Waals surface area contributed by atoms with Crippen molar-refractivity contribution < 1.29 is 14.0 Å². The minimum absolute atomic E-state index is 0.182. The molecule has 0 bridgehead atoms. The number of anilines is 2. The minimum atomic E-state index is -0.368. The van der Waals surface area contributed by atoms with Crippen molar-refractivity contribution >= 4 is 34.2 Å². The van der Waals surface area contributed by atoms with Crippen molar-refractivity contribution in [2.75, 3.05) is 23.7 Å². The fourth-order valence-electron chi connectivity index (χ4n) is 4.85. The number of urea groups is 1. The molecule has 3 amide bonds. The summed E-state index contributed by atoms with van der Waals surface area (Å²) >= 11 is 0. The molecule has 4 aromatic rings. The molecule has 8 heteroatoms. The van der Waals surface area contributed by atoms with Crippen LogP contribution in [-0.2, 0) is 19.6 Å². The van der Waals surface area contributed by atoms with Crippen LogP contribution in [0.3, 0.4) is 0 Å². The van der Waals surface area contributed by atoms with E-state index in [0.29, 0.717) is 16.9 Å². The molecule has 0 spiro atoms. The highest BCUT2D eigenvalue weighted by Gasteiger charge is 2.14. The first-order valence-electron chi connectivity index (χ1n) is 13.0. The van der Waals surface area contributed by atoms with Crippen LogP contribution in [0.2, 0.25) is 0 Å². The largest absolute Gasteiger partial charge is 0.346 e. The number of rotatable bonds is 8. The second-order valence-electron chi connectivity index (χ2n) is 9.63. The summed E-state index contributed by atoms with van der Waals surface area (Å²) < 4.78 is 15.2. The number of nitrogens with one attached hydrogen (secondary N) is 3. The first-order chi connectivity index (χ1) is 18.5. The third-order valence-electron chi connectivity index (χ3n) is 6.92. The Morgan fingerprint density at radius 2 is 1.61 bits per heavy atom. The highest BCUT2D eigenvalue weighted by atomic mass is 19.1. The quantitative estimate of drug-likeness (QED) is 0.272. The Morgan fingerprint density at radius 1 is 0.895 bits per heavy atom. The van der Waals surface area contributed by atoms with Gasteiger partial charge in [0.2, 0.25) is 0 Å². The van der Waals surface area contributed by atoms with Crippen LogP contribution in [-0.4, -0.2) is 34.5 Å². The number of hydrogen-bond donors (Lipinski definition) is 3. The van der Waals surface area contributed by atoms with Gasteiger partial charge >= 0.3 is 6.03 Å². The number of nitrogens with zero attached hydrogens (tertiary/aromatic N) is 2. The Bertz CT molecular complexity index is 1420. The second kappa shape index (κ2) is 11.5. The van der Waals surface area contributed by atoms with Crippen molar-refractivity contribution in [3.8, 4) is 0 Å². The number of aromatic nitrogens is 1. The maximum Gasteiger partial charge on any atom is 0.319 e. The number of likely N-dealkylation sites (tertiary alicyclic amines) is 1. The van der Waals surface area contributed by atoms with Gasteiger partial charge in [-0.2, -0.15) is 0 Å². The number of fused-ring (bicyclic) bond motifs is 1. The molecule has 0 unspecified atom stereocenters. The van der Waals surface area contributed by atoms with E-state index >= 15 is 0 Å². The van der Waals surface area contributed by atoms with Crippen LogP contribution in [0.4, 0.5) is 20.6 Å². The predicted octanol–water partition coefficient (Wildman–Crippen LogP) is 5.97. The SMILES string of the molecule is CCn1cc(NC(=O)NCc2ccc(F)cc2)c2cc(NC(=O)c3ccc(CN4CCCC4)cc3)ccc21. The Balaban J connectivity index is 1.26. The van der Waals surface area contributed by atoms with Gasteiger partial charge in [0.1, 0.15) is 5.82 Å². The van der Waals surface area contributed by atoms with Crippen molar-refractivity contribution in [2.24, 2.45) is 0 Å². The molecule has 1 aliphatic rings. The van der Waals surface area contributed by atoms with Crippen molar-refractivity contribution in [2.45, 2.75) is 39.4 Å². The van der Waals surface area contributed by atoms with Crippen LogP contribution in [0.1, 0.15) is 41.3 Å². The van der Waals surface area contributed by atoms with Gasteiger partial charge in [0, 0.05) is 42.5 Å². The van der Waals surface area contributed by atoms with Gasteiger partial charge in [0.15, 0.2) is 0 Å². The summed E-state index contributed by atoms with van der Waals surface area (Å²) in [6.07, 6.45) is 4.39. The number of carbonyl (C=O) groups excluding carboxylic acids is 2. The monoisotopic (exact) mass is 513 g/mol. The highest BCUT2D eigenvalue weighted by molar-refractivity contribution is 6.07. The third-order valence-corrected chi connectivity index (χ3v) is 6.92. The van der Waals surface area contributed by atoms with E-state index in [4.69, 9.17) is 0 Å². The van der Waals surface area contributed by atoms with Gasteiger partial charge in [0.05, 0.1) is 11.2 Å². The van der Waals surface area contributed by atoms with Crippen molar-refractivity contribution in [3.63, 3.8) is 0 Å². The maximum atomic E-state index is 13.1. The molecule has 1 fully saturated rings. The average molecular weight is 514 g/mol. The van der Waals surface area contributed by atoms with Gasteiger partial charge < -0.3 is 20.5 Å². The molecule has 1 aliphatic heterocycles. The van der Waals surface area contributed by atoms with Gasteiger partial charge in [-0.15, -0.1) is 0 Å². The third kappa shape index (κ3) is 6.03. The molecule has 0 radical (unpaired) electrons. The lowest BCUT2D eigenvalue weighted by atomic mass is 10.1. The van der Waals surface area contributed by atoms with Crippen LogP contribution >= 0.6 is 0 Å². The second-order valence-corrected chi connectivity index (χ2v) is 9.63. The summed E-state index contributed by atoms with van der Waals surface area (Å²) in [4.78, 5) is 28.0. The Morgan fingerprint density at radius 3 is 2.32 bits per heavy atom. The average Bonchev–Trinajstić information content (AvgIpc) is 3.56. The first-order valence-corrected chi connectivity index (χ1v) is 13.0. The lowest BCUT2D eigenvalue weighted by Crippen LogP contribution is -2.28. The van der Waals surface area contributed by atoms with Gasteiger partial charge in [-0.1, -0.05) is 24.3 Å². The summed E-state index contributed by atoms with van der Waals surface area (Å²) in [5.41, 5.74) is 4.84. The molecule has 0 saturated carbocycles. The van der Waals surface area contributed by atoms with E-state index in [9.17, 15) is 14.0 Å². The zero-order valence-electron chi connectivity index (χ0n) is 21.5. The molecule has 1 aromatic heterocycles. The van der Waals surface area contributed by atoms with Crippen LogP contribution in [0.25, 0.3) is 10.9 Å². The molecule has 2 heterocycles. The molecule has 5 rings (SSSR count). The van der Waals surface area contributed by atoms with Crippen molar-refractivity contribution in [3.05, 3.63) is 95.4 Å². The molecule has 3 aromatic carbocycles. The minimum Gasteiger partial charge on any atom is -0.346 e. The smallest absolute Gasteiger partial charge is 0.319 e. The summed E-state index contributed by atoms with van der Waals surface area (Å²) in [6.45, 7) is 6.22.